The molecule has 1 rings (SSSR count). The lowest BCUT2D eigenvalue weighted by atomic mass is 10.3. The van der Waals surface area contributed by atoms with E-state index in [0.29, 0.717) is 17.6 Å². The zero-order valence-electron chi connectivity index (χ0n) is 9.99. The number of rotatable bonds is 4. The molecule has 6 nitrogen and oxygen atoms in total. The summed E-state index contributed by atoms with van der Waals surface area (Å²) in [6.07, 6.45) is 0.669. The highest BCUT2D eigenvalue weighted by molar-refractivity contribution is 7.94. The average molecular weight is 340 g/mol. The van der Waals surface area contributed by atoms with E-state index in [2.05, 4.69) is 0 Å². The standard InChI is InChI=1S/C10H7F3N2O4S2/c11-10(12,13)21(18,19)15-8-3-1-4-9(7-8)20(16,17)6-2-5-14/h1-4,6-7,15H/b6-2+. The molecule has 1 aromatic rings. The van der Waals surface area contributed by atoms with Gasteiger partial charge in [-0.1, -0.05) is 6.07 Å². The Kier molecular flexibility index (Phi) is 4.65. The second-order valence-corrected chi connectivity index (χ2v) is 7.06. The second-order valence-electron chi connectivity index (χ2n) is 3.56. The molecule has 0 spiro atoms. The first-order valence-corrected chi connectivity index (χ1v) is 8.03. The summed E-state index contributed by atoms with van der Waals surface area (Å²) < 4.78 is 83.0. The van der Waals surface area contributed by atoms with Crippen LogP contribution in [0.4, 0.5) is 18.9 Å². The Morgan fingerprint density at radius 1 is 1.19 bits per heavy atom. The van der Waals surface area contributed by atoms with E-state index in [1.807, 2.05) is 0 Å². The second kappa shape index (κ2) is 5.74. The third-order valence-corrected chi connectivity index (χ3v) is 4.56. The van der Waals surface area contributed by atoms with E-state index >= 15 is 0 Å². The maximum atomic E-state index is 12.2. The molecule has 1 N–H and O–H groups in total. The number of nitrogens with one attached hydrogen (secondary N) is 1. The van der Waals surface area contributed by atoms with Gasteiger partial charge in [-0.15, -0.1) is 0 Å². The number of benzene rings is 1. The summed E-state index contributed by atoms with van der Waals surface area (Å²) in [5.74, 6) is 0. The zero-order chi connectivity index (χ0) is 16.3. The minimum absolute atomic E-state index is 0.462. The first-order chi connectivity index (χ1) is 9.49. The first kappa shape index (κ1) is 17.0. The van der Waals surface area contributed by atoms with Gasteiger partial charge in [0.25, 0.3) is 0 Å². The number of sulfone groups is 1. The van der Waals surface area contributed by atoms with Gasteiger partial charge in [0.1, 0.15) is 0 Å². The summed E-state index contributed by atoms with van der Waals surface area (Å²) in [6, 6.07) is 5.21. The molecule has 0 aliphatic heterocycles. The fraction of sp³-hybridized carbons (Fsp3) is 0.100. The van der Waals surface area contributed by atoms with Crippen molar-refractivity contribution < 1.29 is 30.0 Å². The number of nitrogens with zero attached hydrogens (tertiary/aromatic N) is 1. The molecule has 0 aliphatic carbocycles. The van der Waals surface area contributed by atoms with E-state index in [4.69, 9.17) is 5.26 Å². The fourth-order valence-electron chi connectivity index (χ4n) is 1.15. The maximum absolute atomic E-state index is 12.2. The Morgan fingerprint density at radius 3 is 2.33 bits per heavy atom. The number of sulfonamides is 1. The molecule has 21 heavy (non-hydrogen) atoms. The molecule has 0 atom stereocenters. The van der Waals surface area contributed by atoms with Crippen LogP contribution >= 0.6 is 0 Å². The highest BCUT2D eigenvalue weighted by Crippen LogP contribution is 2.26. The lowest BCUT2D eigenvalue weighted by Crippen LogP contribution is -2.29. The van der Waals surface area contributed by atoms with Crippen LogP contribution in [-0.4, -0.2) is 22.3 Å². The molecular weight excluding hydrogens is 333 g/mol. The Bertz CT molecular complexity index is 805. The smallest absolute Gasteiger partial charge is 0.276 e. The van der Waals surface area contributed by atoms with Crippen LogP contribution < -0.4 is 4.72 Å². The van der Waals surface area contributed by atoms with E-state index in [9.17, 15) is 30.0 Å². The van der Waals surface area contributed by atoms with Crippen molar-refractivity contribution in [2.45, 2.75) is 10.4 Å². The topological polar surface area (TPSA) is 104 Å². The molecule has 1 aromatic carbocycles. The van der Waals surface area contributed by atoms with Crippen LogP contribution in [0.15, 0.2) is 40.6 Å². The number of halogens is 3. The van der Waals surface area contributed by atoms with Gasteiger partial charge in [0.05, 0.1) is 16.7 Å². The van der Waals surface area contributed by atoms with Crippen molar-refractivity contribution in [2.24, 2.45) is 0 Å². The molecule has 0 unspecified atom stereocenters. The van der Waals surface area contributed by atoms with Crippen LogP contribution in [0.5, 0.6) is 0 Å². The quantitative estimate of drug-likeness (QED) is 0.841. The van der Waals surface area contributed by atoms with Gasteiger partial charge in [0.15, 0.2) is 0 Å². The van der Waals surface area contributed by atoms with Crippen molar-refractivity contribution >= 4 is 25.5 Å². The van der Waals surface area contributed by atoms with Crippen LogP contribution in [0.1, 0.15) is 0 Å². The summed E-state index contributed by atoms with van der Waals surface area (Å²) in [4.78, 5) is -0.462. The number of nitriles is 1. The van der Waals surface area contributed by atoms with E-state index in [0.717, 1.165) is 18.2 Å². The normalized spacial score (nSPS) is 13.0. The van der Waals surface area contributed by atoms with E-state index in [-0.39, 0.29) is 0 Å². The molecular formula is C10H7F3N2O4S2. The predicted molar refractivity (Wildman–Crippen MR) is 67.0 cm³/mol. The third-order valence-electron chi connectivity index (χ3n) is 2.04. The maximum Gasteiger partial charge on any atom is 0.516 e. The average Bonchev–Trinajstić information content (AvgIpc) is 2.35. The van der Waals surface area contributed by atoms with E-state index < -0.39 is 36.0 Å². The summed E-state index contributed by atoms with van der Waals surface area (Å²) in [6.45, 7) is 0. The molecule has 0 amide bonds. The van der Waals surface area contributed by atoms with Gasteiger partial charge in [0, 0.05) is 11.5 Å². The molecule has 0 radical (unpaired) electrons. The third kappa shape index (κ3) is 4.20. The van der Waals surface area contributed by atoms with Gasteiger partial charge in [-0.3, -0.25) is 4.72 Å². The SMILES string of the molecule is N#C/C=C/S(=O)(=O)c1cccc(NS(=O)(=O)C(F)(F)F)c1. The van der Waals surface area contributed by atoms with Crippen molar-refractivity contribution in [1.29, 1.82) is 5.26 Å². The molecule has 0 heterocycles. The summed E-state index contributed by atoms with van der Waals surface area (Å²) in [5.41, 5.74) is -6.10. The number of alkyl halides is 3. The summed E-state index contributed by atoms with van der Waals surface area (Å²) in [5, 5.41) is 8.80. The molecule has 0 bridgehead atoms. The molecule has 0 fully saturated rings. The zero-order valence-corrected chi connectivity index (χ0v) is 11.6. The molecule has 0 aliphatic rings. The molecule has 0 aromatic heterocycles. The van der Waals surface area contributed by atoms with Crippen molar-refractivity contribution in [2.75, 3.05) is 4.72 Å². The summed E-state index contributed by atoms with van der Waals surface area (Å²) in [7, 11) is -9.70. The number of allylic oxidation sites excluding steroid dienone is 1. The van der Waals surface area contributed by atoms with Crippen molar-refractivity contribution in [3.8, 4) is 6.07 Å². The van der Waals surface area contributed by atoms with Gasteiger partial charge in [-0.05, 0) is 18.2 Å². The Labute approximate surface area is 118 Å². The Hall–Kier alpha value is -2.06. The van der Waals surface area contributed by atoms with Crippen molar-refractivity contribution in [3.63, 3.8) is 0 Å². The summed E-state index contributed by atoms with van der Waals surface area (Å²) >= 11 is 0. The van der Waals surface area contributed by atoms with Crippen molar-refractivity contribution in [3.05, 3.63) is 35.7 Å². The number of anilines is 1. The van der Waals surface area contributed by atoms with Gasteiger partial charge in [-0.25, -0.2) is 8.42 Å². The fourth-order valence-corrected chi connectivity index (χ4v) is 2.66. The molecule has 0 saturated heterocycles. The van der Waals surface area contributed by atoms with E-state index in [1.54, 1.807) is 0 Å². The van der Waals surface area contributed by atoms with Crippen LogP contribution in [0.3, 0.4) is 0 Å². The highest BCUT2D eigenvalue weighted by Gasteiger charge is 2.46. The van der Waals surface area contributed by atoms with Crippen LogP contribution in [0, 0.1) is 11.3 Å². The minimum atomic E-state index is -5.65. The Balaban J connectivity index is 3.21. The van der Waals surface area contributed by atoms with Gasteiger partial charge in [-0.2, -0.15) is 26.9 Å². The monoisotopic (exact) mass is 340 g/mol. The largest absolute Gasteiger partial charge is 0.516 e. The van der Waals surface area contributed by atoms with Gasteiger partial charge < -0.3 is 0 Å². The first-order valence-electron chi connectivity index (χ1n) is 5.00. The number of hydrogen-bond donors (Lipinski definition) is 1. The lowest BCUT2D eigenvalue weighted by Gasteiger charge is -2.11. The molecule has 114 valence electrons. The van der Waals surface area contributed by atoms with Crippen molar-refractivity contribution in [1.82, 2.24) is 0 Å². The van der Waals surface area contributed by atoms with E-state index in [1.165, 1.54) is 10.8 Å². The molecule has 11 heteroatoms. The van der Waals surface area contributed by atoms with Crippen LogP contribution in [0.25, 0.3) is 0 Å². The van der Waals surface area contributed by atoms with Crippen LogP contribution in [-0.2, 0) is 19.9 Å². The predicted octanol–water partition coefficient (Wildman–Crippen LogP) is 1.76. The van der Waals surface area contributed by atoms with Gasteiger partial charge in [0.2, 0.25) is 9.84 Å². The lowest BCUT2D eigenvalue weighted by molar-refractivity contribution is -0.0429. The van der Waals surface area contributed by atoms with Crippen LogP contribution in [0.2, 0.25) is 0 Å². The Morgan fingerprint density at radius 2 is 1.81 bits per heavy atom. The molecule has 0 saturated carbocycles. The minimum Gasteiger partial charge on any atom is -0.276 e. The van der Waals surface area contributed by atoms with Gasteiger partial charge >= 0.3 is 15.5 Å². The number of hydrogen-bond acceptors (Lipinski definition) is 5. The highest BCUT2D eigenvalue weighted by atomic mass is 32.2.